The van der Waals surface area contributed by atoms with Crippen molar-refractivity contribution in [2.75, 3.05) is 0 Å². The molecule has 8 aromatic rings. The van der Waals surface area contributed by atoms with Crippen molar-refractivity contribution in [3.05, 3.63) is 109 Å². The van der Waals surface area contributed by atoms with Crippen molar-refractivity contribution < 1.29 is 0 Å². The van der Waals surface area contributed by atoms with E-state index in [1.165, 1.54) is 86.9 Å². The smallest absolute Gasteiger partial charge is 0.00137 e. The van der Waals surface area contributed by atoms with Crippen LogP contribution in [0.3, 0.4) is 0 Å². The molecule has 0 fully saturated rings. The van der Waals surface area contributed by atoms with E-state index in [2.05, 4.69) is 109 Å². The van der Waals surface area contributed by atoms with Gasteiger partial charge in [-0.2, -0.15) is 0 Å². The summed E-state index contributed by atoms with van der Waals surface area (Å²) in [6.07, 6.45) is 0. The Morgan fingerprint density at radius 1 is 0.265 bits per heavy atom. The molecule has 34 heavy (non-hydrogen) atoms. The lowest BCUT2D eigenvalue weighted by atomic mass is 9.86. The van der Waals surface area contributed by atoms with E-state index in [1.807, 2.05) is 0 Å². The molecule has 1 aliphatic rings. The fourth-order valence-corrected chi connectivity index (χ4v) is 6.69. The highest BCUT2D eigenvalue weighted by molar-refractivity contribution is 6.40. The largest absolute Gasteiger partial charge is 0.0616 e. The van der Waals surface area contributed by atoms with Gasteiger partial charge in [0.1, 0.15) is 0 Å². The summed E-state index contributed by atoms with van der Waals surface area (Å²) in [5.41, 5.74) is 5.46. The first-order valence-electron chi connectivity index (χ1n) is 12.0. The molecule has 0 saturated heterocycles. The van der Waals surface area contributed by atoms with Gasteiger partial charge in [0, 0.05) is 0 Å². The van der Waals surface area contributed by atoms with Crippen molar-refractivity contribution in [2.24, 2.45) is 0 Å². The third-order valence-electron chi connectivity index (χ3n) is 8.07. The zero-order valence-electron chi connectivity index (χ0n) is 18.4. The Labute approximate surface area is 196 Å². The number of hydrogen-bond acceptors (Lipinski definition) is 0. The van der Waals surface area contributed by atoms with Gasteiger partial charge in [-0.15, -0.1) is 0 Å². The fraction of sp³-hybridized carbons (Fsp3) is 0. The van der Waals surface area contributed by atoms with Gasteiger partial charge in [0.15, 0.2) is 0 Å². The van der Waals surface area contributed by atoms with Gasteiger partial charge in [-0.1, -0.05) is 91.0 Å². The molecule has 1 aliphatic carbocycles. The molecule has 0 bridgehead atoms. The molecule has 0 aliphatic heterocycles. The van der Waals surface area contributed by atoms with Crippen LogP contribution in [0.2, 0.25) is 0 Å². The van der Waals surface area contributed by atoms with Crippen molar-refractivity contribution in [1.29, 1.82) is 0 Å². The first kappa shape index (κ1) is 17.1. The average molecular weight is 427 g/mol. The minimum atomic E-state index is 1.31. The summed E-state index contributed by atoms with van der Waals surface area (Å²) in [4.78, 5) is 0. The van der Waals surface area contributed by atoms with E-state index in [0.29, 0.717) is 0 Å². The summed E-state index contributed by atoms with van der Waals surface area (Å²) in [7, 11) is 0. The van der Waals surface area contributed by atoms with Crippen LogP contribution in [0, 0.1) is 0 Å². The summed E-state index contributed by atoms with van der Waals surface area (Å²) < 4.78 is 0. The quantitative estimate of drug-likeness (QED) is 0.167. The minimum Gasteiger partial charge on any atom is -0.0616 e. The van der Waals surface area contributed by atoms with Crippen molar-refractivity contribution >= 4 is 64.6 Å². The van der Waals surface area contributed by atoms with Crippen molar-refractivity contribution in [2.45, 2.75) is 0 Å². The number of fused-ring (bicyclic) bond motifs is 8. The molecule has 0 heteroatoms. The van der Waals surface area contributed by atoms with Crippen LogP contribution < -0.4 is 0 Å². The third kappa shape index (κ3) is 1.89. The average Bonchev–Trinajstić information content (AvgIpc) is 3.20. The lowest BCUT2D eigenvalue weighted by molar-refractivity contribution is 1.73. The van der Waals surface area contributed by atoms with Gasteiger partial charge in [0.05, 0.1) is 0 Å². The van der Waals surface area contributed by atoms with Crippen LogP contribution in [0.4, 0.5) is 0 Å². The maximum Gasteiger partial charge on any atom is -0.00137 e. The third-order valence-corrected chi connectivity index (χ3v) is 8.07. The molecule has 0 saturated carbocycles. The lowest BCUT2D eigenvalue weighted by Gasteiger charge is -2.17. The Balaban J connectivity index is 1.58. The fourth-order valence-electron chi connectivity index (χ4n) is 6.69. The van der Waals surface area contributed by atoms with Gasteiger partial charge >= 0.3 is 0 Å². The zero-order chi connectivity index (χ0) is 22.0. The summed E-state index contributed by atoms with van der Waals surface area (Å²) in [5, 5.41) is 16.3. The van der Waals surface area contributed by atoms with E-state index in [-0.39, 0.29) is 0 Å². The number of hydrogen-bond donors (Lipinski definition) is 0. The molecule has 0 unspecified atom stereocenters. The Morgan fingerprint density at radius 3 is 1.59 bits per heavy atom. The monoisotopic (exact) mass is 426 g/mol. The van der Waals surface area contributed by atoms with E-state index in [9.17, 15) is 0 Å². The highest BCUT2D eigenvalue weighted by Gasteiger charge is 2.25. The first-order chi connectivity index (χ1) is 16.9. The van der Waals surface area contributed by atoms with Crippen molar-refractivity contribution in [3.63, 3.8) is 0 Å². The molecular formula is C34H18. The number of benzene rings is 8. The Kier molecular flexibility index (Phi) is 2.88. The molecule has 0 amide bonds. The van der Waals surface area contributed by atoms with E-state index in [0.717, 1.165) is 0 Å². The molecule has 0 aromatic heterocycles. The SMILES string of the molecule is c1ccc2cc3c(cc2c1)-c1ccc2c4cccc5cc6ccccc6c(c6ccc-3c1c26)c54. The second-order valence-electron chi connectivity index (χ2n) is 9.69. The molecule has 9 rings (SSSR count). The van der Waals surface area contributed by atoms with Gasteiger partial charge in [0.25, 0.3) is 0 Å². The van der Waals surface area contributed by atoms with Crippen molar-refractivity contribution in [1.82, 2.24) is 0 Å². The van der Waals surface area contributed by atoms with Crippen LogP contribution in [-0.4, -0.2) is 0 Å². The second-order valence-corrected chi connectivity index (χ2v) is 9.69. The molecular weight excluding hydrogens is 408 g/mol. The van der Waals surface area contributed by atoms with E-state index in [4.69, 9.17) is 0 Å². The van der Waals surface area contributed by atoms with Crippen LogP contribution in [-0.2, 0) is 0 Å². The number of rotatable bonds is 0. The Bertz CT molecular complexity index is 2110. The van der Waals surface area contributed by atoms with Crippen LogP contribution in [0.1, 0.15) is 0 Å². The second kappa shape index (κ2) is 5.73. The minimum absolute atomic E-state index is 1.31. The topological polar surface area (TPSA) is 0 Å². The standard InChI is InChI=1S/C34H18/c1-2-7-20-18-30-27-14-15-28-32-23-10-4-3-8-21(23)16-22-9-5-11-24(31(22)32)25-12-13-26(33(27)34(25)28)29(30)17-19(20)6-1/h1-18H. The maximum absolute atomic E-state index is 2.38. The van der Waals surface area contributed by atoms with E-state index >= 15 is 0 Å². The molecule has 0 heterocycles. The van der Waals surface area contributed by atoms with Gasteiger partial charge in [0.2, 0.25) is 0 Å². The van der Waals surface area contributed by atoms with Crippen LogP contribution >= 0.6 is 0 Å². The predicted molar refractivity (Wildman–Crippen MR) is 147 cm³/mol. The van der Waals surface area contributed by atoms with Crippen LogP contribution in [0.25, 0.3) is 86.9 Å². The molecule has 0 nitrogen and oxygen atoms in total. The Hall–Kier alpha value is -4.42. The summed E-state index contributed by atoms with van der Waals surface area (Å²) in [6.45, 7) is 0. The van der Waals surface area contributed by atoms with Gasteiger partial charge in [-0.3, -0.25) is 0 Å². The first-order valence-corrected chi connectivity index (χ1v) is 12.0. The lowest BCUT2D eigenvalue weighted by Crippen LogP contribution is -1.89. The Morgan fingerprint density at radius 2 is 0.824 bits per heavy atom. The molecule has 0 radical (unpaired) electrons. The molecule has 154 valence electrons. The summed E-state index contributed by atoms with van der Waals surface area (Å²) in [6, 6.07) is 40.9. The predicted octanol–water partition coefficient (Wildman–Crippen LogP) is 9.69. The van der Waals surface area contributed by atoms with Crippen LogP contribution in [0.5, 0.6) is 0 Å². The molecule has 0 atom stereocenters. The molecule has 0 N–H and O–H groups in total. The van der Waals surface area contributed by atoms with Crippen LogP contribution in [0.15, 0.2) is 109 Å². The summed E-state index contributed by atoms with van der Waals surface area (Å²) in [5.74, 6) is 0. The van der Waals surface area contributed by atoms with Gasteiger partial charge < -0.3 is 0 Å². The maximum atomic E-state index is 2.38. The van der Waals surface area contributed by atoms with E-state index < -0.39 is 0 Å². The molecule has 0 spiro atoms. The zero-order valence-corrected chi connectivity index (χ0v) is 18.4. The van der Waals surface area contributed by atoms with Crippen molar-refractivity contribution in [3.8, 4) is 22.3 Å². The highest BCUT2D eigenvalue weighted by atomic mass is 14.3. The summed E-state index contributed by atoms with van der Waals surface area (Å²) >= 11 is 0. The highest BCUT2D eigenvalue weighted by Crippen LogP contribution is 2.53. The van der Waals surface area contributed by atoms with Gasteiger partial charge in [-0.25, -0.2) is 0 Å². The molecule has 8 aromatic carbocycles. The normalized spacial score (nSPS) is 12.7. The van der Waals surface area contributed by atoms with E-state index in [1.54, 1.807) is 0 Å². The van der Waals surface area contributed by atoms with Gasteiger partial charge in [-0.05, 0) is 105 Å².